The molecule has 1 aliphatic heterocycles. The van der Waals surface area contributed by atoms with Crippen molar-refractivity contribution < 1.29 is 14.3 Å². The third-order valence-corrected chi connectivity index (χ3v) is 5.50. The lowest BCUT2D eigenvalue weighted by atomic mass is 10.0. The van der Waals surface area contributed by atoms with Crippen LogP contribution in [0, 0.1) is 0 Å². The molecule has 2 aromatic carbocycles. The monoisotopic (exact) mass is 424 g/mol. The van der Waals surface area contributed by atoms with Crippen LogP contribution in [-0.2, 0) is 11.2 Å². The molecule has 3 N–H and O–H groups in total. The van der Waals surface area contributed by atoms with Gasteiger partial charge in [-0.25, -0.2) is 4.79 Å². The first-order chi connectivity index (χ1) is 15.1. The third kappa shape index (κ3) is 7.61. The molecule has 0 aromatic heterocycles. The summed E-state index contributed by atoms with van der Waals surface area (Å²) in [4.78, 5) is 26.8. The van der Waals surface area contributed by atoms with Crippen molar-refractivity contribution in [2.75, 3.05) is 38.6 Å². The van der Waals surface area contributed by atoms with E-state index in [1.54, 1.807) is 7.11 Å². The highest BCUT2D eigenvalue weighted by Gasteiger charge is 2.24. The minimum Gasteiger partial charge on any atom is -0.497 e. The van der Waals surface area contributed by atoms with Crippen molar-refractivity contribution >= 4 is 17.6 Å². The van der Waals surface area contributed by atoms with Crippen LogP contribution in [0.4, 0.5) is 10.5 Å². The van der Waals surface area contributed by atoms with Crippen LogP contribution in [0.15, 0.2) is 54.6 Å². The van der Waals surface area contributed by atoms with Gasteiger partial charge in [-0.2, -0.15) is 0 Å². The number of hydrogen-bond acceptors (Lipinski definition) is 4. The van der Waals surface area contributed by atoms with Gasteiger partial charge in [0.1, 0.15) is 5.75 Å². The van der Waals surface area contributed by atoms with Crippen LogP contribution < -0.4 is 20.7 Å². The molecule has 31 heavy (non-hydrogen) atoms. The number of rotatable bonds is 9. The number of carbonyl (C=O) groups is 2. The van der Waals surface area contributed by atoms with E-state index in [2.05, 4.69) is 20.9 Å². The number of urea groups is 1. The van der Waals surface area contributed by atoms with Gasteiger partial charge < -0.3 is 20.7 Å². The van der Waals surface area contributed by atoms with Gasteiger partial charge in [0.25, 0.3) is 0 Å². The Bertz CT molecular complexity index is 844. The molecule has 1 aliphatic rings. The molecule has 3 amide bonds. The predicted octanol–water partition coefficient (Wildman–Crippen LogP) is 3.03. The highest BCUT2D eigenvalue weighted by atomic mass is 16.5. The first-order valence-electron chi connectivity index (χ1n) is 10.9. The molecule has 166 valence electrons. The molecule has 1 fully saturated rings. The second-order valence-corrected chi connectivity index (χ2v) is 7.77. The van der Waals surface area contributed by atoms with E-state index in [9.17, 15) is 9.59 Å². The second-order valence-electron chi connectivity index (χ2n) is 7.77. The largest absolute Gasteiger partial charge is 0.497 e. The number of benzene rings is 2. The predicted molar refractivity (Wildman–Crippen MR) is 122 cm³/mol. The molecule has 0 bridgehead atoms. The number of nitrogens with one attached hydrogen (secondary N) is 3. The van der Waals surface area contributed by atoms with E-state index in [1.165, 1.54) is 0 Å². The zero-order valence-electron chi connectivity index (χ0n) is 18.1. The molecule has 0 aliphatic carbocycles. The van der Waals surface area contributed by atoms with Crippen molar-refractivity contribution in [3.63, 3.8) is 0 Å². The van der Waals surface area contributed by atoms with E-state index < -0.39 is 0 Å². The Balaban J connectivity index is 1.40. The van der Waals surface area contributed by atoms with Crippen LogP contribution in [0.25, 0.3) is 0 Å². The summed E-state index contributed by atoms with van der Waals surface area (Å²) in [6, 6.07) is 17.2. The number of carbonyl (C=O) groups excluding carboxylic acids is 2. The number of anilines is 1. The zero-order valence-corrected chi connectivity index (χ0v) is 18.1. The molecule has 7 nitrogen and oxygen atoms in total. The van der Waals surface area contributed by atoms with Crippen LogP contribution in [-0.4, -0.2) is 56.2 Å². The Kier molecular flexibility index (Phi) is 8.72. The number of para-hydroxylation sites is 1. The summed E-state index contributed by atoms with van der Waals surface area (Å²) in [5.74, 6) is 0.840. The van der Waals surface area contributed by atoms with Gasteiger partial charge in [0.05, 0.1) is 13.7 Å². The lowest BCUT2D eigenvalue weighted by Crippen LogP contribution is -2.50. The number of likely N-dealkylation sites (tertiary alicyclic amines) is 1. The molecular weight excluding hydrogens is 392 g/mol. The maximum Gasteiger partial charge on any atom is 0.319 e. The first kappa shape index (κ1) is 22.6. The maximum atomic E-state index is 12.5. The minimum absolute atomic E-state index is 0.0172. The molecule has 0 radical (unpaired) electrons. The molecular formula is C24H32N4O3. The highest BCUT2D eigenvalue weighted by Crippen LogP contribution is 2.16. The van der Waals surface area contributed by atoms with Crippen molar-refractivity contribution in [2.45, 2.75) is 31.7 Å². The lowest BCUT2D eigenvalue weighted by molar-refractivity contribution is -0.123. The molecule has 0 spiro atoms. The van der Waals surface area contributed by atoms with Crippen LogP contribution in [0.2, 0.25) is 0 Å². The smallest absolute Gasteiger partial charge is 0.319 e. The lowest BCUT2D eigenvalue weighted by Gasteiger charge is -2.35. The van der Waals surface area contributed by atoms with Gasteiger partial charge in [0, 0.05) is 24.8 Å². The highest BCUT2D eigenvalue weighted by molar-refractivity contribution is 5.89. The van der Waals surface area contributed by atoms with Gasteiger partial charge >= 0.3 is 6.03 Å². The molecule has 1 heterocycles. The summed E-state index contributed by atoms with van der Waals surface area (Å²) < 4.78 is 5.24. The Morgan fingerprint density at radius 3 is 2.71 bits per heavy atom. The van der Waals surface area contributed by atoms with E-state index in [1.807, 2.05) is 54.6 Å². The van der Waals surface area contributed by atoms with Crippen molar-refractivity contribution in [2.24, 2.45) is 0 Å². The van der Waals surface area contributed by atoms with Gasteiger partial charge in [-0.15, -0.1) is 0 Å². The zero-order chi connectivity index (χ0) is 21.9. The van der Waals surface area contributed by atoms with E-state index in [4.69, 9.17) is 4.74 Å². The third-order valence-electron chi connectivity index (χ3n) is 5.50. The summed E-state index contributed by atoms with van der Waals surface area (Å²) in [6.07, 6.45) is 3.92. The van der Waals surface area contributed by atoms with E-state index in [-0.39, 0.29) is 18.0 Å². The maximum absolute atomic E-state index is 12.5. The van der Waals surface area contributed by atoms with Crippen molar-refractivity contribution in [3.05, 3.63) is 60.2 Å². The molecule has 1 atom stereocenters. The summed E-state index contributed by atoms with van der Waals surface area (Å²) in [5, 5.41) is 8.79. The van der Waals surface area contributed by atoms with Crippen molar-refractivity contribution in [1.29, 1.82) is 0 Å². The molecule has 1 saturated heterocycles. The fraction of sp³-hybridized carbons (Fsp3) is 0.417. The van der Waals surface area contributed by atoms with Gasteiger partial charge in [-0.3, -0.25) is 9.69 Å². The van der Waals surface area contributed by atoms with Gasteiger partial charge in [0.15, 0.2) is 0 Å². The quantitative estimate of drug-likeness (QED) is 0.578. The van der Waals surface area contributed by atoms with E-state index >= 15 is 0 Å². The van der Waals surface area contributed by atoms with Crippen molar-refractivity contribution in [3.8, 4) is 5.75 Å². The van der Waals surface area contributed by atoms with Crippen molar-refractivity contribution in [1.82, 2.24) is 15.5 Å². The van der Waals surface area contributed by atoms with Crippen LogP contribution in [0.5, 0.6) is 5.75 Å². The Hall–Kier alpha value is -3.06. The molecule has 7 heteroatoms. The SMILES string of the molecule is COc1cccc(CCNC(=O)CN2CCCCC2CNC(=O)Nc2ccccc2)c1. The number of ether oxygens (including phenoxy) is 1. The van der Waals surface area contributed by atoms with E-state index in [0.29, 0.717) is 19.6 Å². The summed E-state index contributed by atoms with van der Waals surface area (Å²) in [6.45, 7) is 2.33. The summed E-state index contributed by atoms with van der Waals surface area (Å²) in [5.41, 5.74) is 1.89. The Labute approximate surface area is 184 Å². The van der Waals surface area contributed by atoms with Gasteiger partial charge in [0.2, 0.25) is 5.91 Å². The van der Waals surface area contributed by atoms with Gasteiger partial charge in [-0.05, 0) is 55.6 Å². The fourth-order valence-corrected chi connectivity index (χ4v) is 3.82. The van der Waals surface area contributed by atoms with Crippen LogP contribution in [0.1, 0.15) is 24.8 Å². The van der Waals surface area contributed by atoms with Crippen LogP contribution >= 0.6 is 0 Å². The topological polar surface area (TPSA) is 82.7 Å². The molecule has 0 saturated carbocycles. The number of hydrogen-bond donors (Lipinski definition) is 3. The number of nitrogens with zero attached hydrogens (tertiary/aromatic N) is 1. The number of methoxy groups -OCH3 is 1. The Morgan fingerprint density at radius 1 is 1.06 bits per heavy atom. The normalized spacial score (nSPS) is 16.4. The minimum atomic E-state index is -0.223. The van der Waals surface area contributed by atoms with E-state index in [0.717, 1.165) is 49.2 Å². The average Bonchev–Trinajstić information content (AvgIpc) is 2.79. The molecule has 3 rings (SSSR count). The fourth-order valence-electron chi connectivity index (χ4n) is 3.82. The standard InChI is InChI=1S/C24H32N4O3/c1-31-22-12-7-8-19(16-22)13-14-25-23(29)18-28-15-6-5-11-21(28)17-26-24(30)27-20-9-3-2-4-10-20/h2-4,7-10,12,16,21H,5-6,11,13-15,17-18H2,1H3,(H,25,29)(H2,26,27,30). The molecule has 2 aromatic rings. The molecule has 1 unspecified atom stereocenters. The first-order valence-corrected chi connectivity index (χ1v) is 10.9. The summed E-state index contributed by atoms with van der Waals surface area (Å²) in [7, 11) is 1.65. The average molecular weight is 425 g/mol. The van der Waals surface area contributed by atoms with Gasteiger partial charge in [-0.1, -0.05) is 36.8 Å². The second kappa shape index (κ2) is 12.0. The Morgan fingerprint density at radius 2 is 1.90 bits per heavy atom. The van der Waals surface area contributed by atoms with Crippen LogP contribution in [0.3, 0.4) is 0 Å². The number of piperidine rings is 1. The summed E-state index contributed by atoms with van der Waals surface area (Å²) >= 11 is 0. The number of amides is 3.